The van der Waals surface area contributed by atoms with Crippen LogP contribution >= 0.6 is 0 Å². The van der Waals surface area contributed by atoms with Gasteiger partial charge in [-0.1, -0.05) is 26.0 Å². The molecule has 1 aromatic carbocycles. The molecule has 0 fully saturated rings. The number of nitrogens with zero attached hydrogens (tertiary/aromatic N) is 1. The first kappa shape index (κ1) is 12.6. The van der Waals surface area contributed by atoms with Gasteiger partial charge in [-0.05, 0) is 18.1 Å². The van der Waals surface area contributed by atoms with Gasteiger partial charge >= 0.3 is 0 Å². The summed E-state index contributed by atoms with van der Waals surface area (Å²) in [5, 5.41) is 13.7. The average Bonchev–Trinajstić information content (AvgIpc) is 2.36. The predicted octanol–water partition coefficient (Wildman–Crippen LogP) is 2.25. The summed E-state index contributed by atoms with van der Waals surface area (Å²) in [5.41, 5.74) is 8.33. The third-order valence-electron chi connectivity index (χ3n) is 3.14. The Bertz CT molecular complexity index is 540. The maximum Gasteiger partial charge on any atom is 0.0951 e. The van der Waals surface area contributed by atoms with E-state index in [-0.39, 0.29) is 12.6 Å². The van der Waals surface area contributed by atoms with E-state index in [9.17, 15) is 5.11 Å². The summed E-state index contributed by atoms with van der Waals surface area (Å²) in [5.74, 6) is 0.347. The van der Waals surface area contributed by atoms with Crippen LogP contribution in [0.3, 0.4) is 0 Å². The minimum atomic E-state index is 0.0250. The van der Waals surface area contributed by atoms with Crippen molar-refractivity contribution in [2.45, 2.75) is 19.9 Å². The summed E-state index contributed by atoms with van der Waals surface area (Å²) in [4.78, 5) is 4.29. The first-order chi connectivity index (χ1) is 8.63. The highest BCUT2D eigenvalue weighted by atomic mass is 16.3. The Hall–Kier alpha value is -1.81. The molecule has 4 heteroatoms. The monoisotopic (exact) mass is 245 g/mol. The zero-order valence-electron chi connectivity index (χ0n) is 10.7. The van der Waals surface area contributed by atoms with Crippen LogP contribution in [0.25, 0.3) is 10.9 Å². The molecule has 18 heavy (non-hydrogen) atoms. The summed E-state index contributed by atoms with van der Waals surface area (Å²) in [7, 11) is 0. The maximum atomic E-state index is 9.38. The summed E-state index contributed by atoms with van der Waals surface area (Å²) in [6.07, 6.45) is 1.73. The fourth-order valence-electron chi connectivity index (χ4n) is 1.95. The lowest BCUT2D eigenvalue weighted by Gasteiger charge is -2.22. The number of aliphatic hydroxyl groups excluding tert-OH is 1. The van der Waals surface area contributed by atoms with Crippen molar-refractivity contribution in [2.75, 3.05) is 17.7 Å². The quantitative estimate of drug-likeness (QED) is 0.722. The van der Waals surface area contributed by atoms with E-state index in [2.05, 4.69) is 24.1 Å². The molecule has 1 aromatic heterocycles. The largest absolute Gasteiger partial charge is 0.397 e. The van der Waals surface area contributed by atoms with E-state index in [0.717, 1.165) is 16.6 Å². The molecule has 2 rings (SSSR count). The zero-order chi connectivity index (χ0) is 13.1. The number of fused-ring (bicyclic) bond motifs is 1. The summed E-state index contributed by atoms with van der Waals surface area (Å²) in [6.45, 7) is 4.25. The average molecular weight is 245 g/mol. The number of hydrogen-bond donors (Lipinski definition) is 3. The first-order valence-corrected chi connectivity index (χ1v) is 6.14. The van der Waals surface area contributed by atoms with Crippen LogP contribution in [0.4, 0.5) is 11.4 Å². The van der Waals surface area contributed by atoms with Crippen LogP contribution in [0.1, 0.15) is 13.8 Å². The van der Waals surface area contributed by atoms with Crippen molar-refractivity contribution in [3.8, 4) is 0 Å². The minimum Gasteiger partial charge on any atom is -0.397 e. The molecule has 1 atom stereocenters. The minimum absolute atomic E-state index is 0.0250. The fraction of sp³-hybridized carbons (Fsp3) is 0.357. The lowest BCUT2D eigenvalue weighted by molar-refractivity contribution is 0.249. The van der Waals surface area contributed by atoms with Gasteiger partial charge in [-0.3, -0.25) is 4.98 Å². The molecular weight excluding hydrogens is 226 g/mol. The number of benzene rings is 1. The number of rotatable bonds is 4. The molecule has 0 spiro atoms. The van der Waals surface area contributed by atoms with E-state index in [1.165, 1.54) is 0 Å². The van der Waals surface area contributed by atoms with Crippen molar-refractivity contribution in [3.05, 3.63) is 30.5 Å². The van der Waals surface area contributed by atoms with E-state index in [1.807, 2.05) is 24.3 Å². The maximum absolute atomic E-state index is 9.38. The number of nitrogens with two attached hydrogens (primary N) is 1. The number of nitrogen functional groups attached to an aromatic ring is 1. The molecule has 2 aromatic rings. The second-order valence-corrected chi connectivity index (χ2v) is 4.78. The Morgan fingerprint density at radius 1 is 1.33 bits per heavy atom. The van der Waals surface area contributed by atoms with Gasteiger partial charge in [0.2, 0.25) is 0 Å². The number of aromatic nitrogens is 1. The van der Waals surface area contributed by atoms with Gasteiger partial charge < -0.3 is 16.2 Å². The van der Waals surface area contributed by atoms with Gasteiger partial charge in [-0.2, -0.15) is 0 Å². The van der Waals surface area contributed by atoms with Crippen molar-refractivity contribution in [3.63, 3.8) is 0 Å². The van der Waals surface area contributed by atoms with Gasteiger partial charge in [-0.25, -0.2) is 0 Å². The summed E-state index contributed by atoms with van der Waals surface area (Å²) in [6, 6.07) is 7.67. The molecule has 96 valence electrons. The number of para-hydroxylation sites is 1. The van der Waals surface area contributed by atoms with Crippen LogP contribution in [0.15, 0.2) is 30.5 Å². The second kappa shape index (κ2) is 5.23. The van der Waals surface area contributed by atoms with Crippen LogP contribution in [0.2, 0.25) is 0 Å². The third kappa shape index (κ3) is 2.38. The Labute approximate surface area is 107 Å². The van der Waals surface area contributed by atoms with Crippen LogP contribution in [0.5, 0.6) is 0 Å². The van der Waals surface area contributed by atoms with E-state index in [0.29, 0.717) is 11.6 Å². The molecule has 0 aliphatic rings. The first-order valence-electron chi connectivity index (χ1n) is 6.14. The number of nitrogens with one attached hydrogen (secondary N) is 1. The standard InChI is InChI=1S/C14H19N3O/c1-9(2)13(8-18)17-12-6-7-16-14-10(12)4-3-5-11(14)15/h3-7,9,13,18H,8,15H2,1-2H3,(H,16,17)/t13-/m1/s1. The van der Waals surface area contributed by atoms with Gasteiger partial charge in [0.1, 0.15) is 0 Å². The molecule has 1 heterocycles. The number of pyridine rings is 1. The Balaban J connectivity index is 2.42. The smallest absolute Gasteiger partial charge is 0.0951 e. The lowest BCUT2D eigenvalue weighted by Crippen LogP contribution is -2.29. The van der Waals surface area contributed by atoms with Gasteiger partial charge in [0.25, 0.3) is 0 Å². The highest BCUT2D eigenvalue weighted by Gasteiger charge is 2.13. The Morgan fingerprint density at radius 3 is 2.78 bits per heavy atom. The molecule has 0 amide bonds. The topological polar surface area (TPSA) is 71.2 Å². The molecule has 0 saturated carbocycles. The van der Waals surface area contributed by atoms with Crippen molar-refractivity contribution >= 4 is 22.3 Å². The molecule has 0 unspecified atom stereocenters. The molecule has 0 radical (unpaired) electrons. The number of anilines is 2. The SMILES string of the molecule is CC(C)[C@@H](CO)Nc1ccnc2c(N)cccc12. The van der Waals surface area contributed by atoms with Gasteiger partial charge in [-0.15, -0.1) is 0 Å². The Morgan fingerprint density at radius 2 is 2.11 bits per heavy atom. The van der Waals surface area contributed by atoms with Gasteiger partial charge in [0.05, 0.1) is 23.9 Å². The summed E-state index contributed by atoms with van der Waals surface area (Å²) >= 11 is 0. The van der Waals surface area contributed by atoms with Crippen molar-refractivity contribution in [1.82, 2.24) is 4.98 Å². The second-order valence-electron chi connectivity index (χ2n) is 4.78. The van der Waals surface area contributed by atoms with Crippen molar-refractivity contribution < 1.29 is 5.11 Å². The molecular formula is C14H19N3O. The van der Waals surface area contributed by atoms with E-state index in [1.54, 1.807) is 6.20 Å². The van der Waals surface area contributed by atoms with Crippen molar-refractivity contribution in [1.29, 1.82) is 0 Å². The normalized spacial score (nSPS) is 12.9. The highest BCUT2D eigenvalue weighted by Crippen LogP contribution is 2.26. The third-order valence-corrected chi connectivity index (χ3v) is 3.14. The summed E-state index contributed by atoms with van der Waals surface area (Å²) < 4.78 is 0. The van der Waals surface area contributed by atoms with E-state index >= 15 is 0 Å². The van der Waals surface area contributed by atoms with Crippen LogP contribution < -0.4 is 11.1 Å². The molecule has 4 N–H and O–H groups in total. The van der Waals surface area contributed by atoms with Crippen LogP contribution in [-0.4, -0.2) is 22.7 Å². The molecule has 0 aliphatic carbocycles. The molecule has 0 saturated heterocycles. The van der Waals surface area contributed by atoms with E-state index in [4.69, 9.17) is 5.73 Å². The number of aliphatic hydroxyl groups is 1. The Kier molecular flexibility index (Phi) is 3.67. The number of hydrogen-bond acceptors (Lipinski definition) is 4. The zero-order valence-corrected chi connectivity index (χ0v) is 10.7. The van der Waals surface area contributed by atoms with Crippen LogP contribution in [0, 0.1) is 5.92 Å². The van der Waals surface area contributed by atoms with Gasteiger partial charge in [0.15, 0.2) is 0 Å². The lowest BCUT2D eigenvalue weighted by atomic mass is 10.0. The predicted molar refractivity (Wildman–Crippen MR) is 75.5 cm³/mol. The van der Waals surface area contributed by atoms with E-state index < -0.39 is 0 Å². The van der Waals surface area contributed by atoms with Crippen LogP contribution in [-0.2, 0) is 0 Å². The molecule has 0 aliphatic heterocycles. The molecule has 0 bridgehead atoms. The highest BCUT2D eigenvalue weighted by molar-refractivity contribution is 5.97. The van der Waals surface area contributed by atoms with Gasteiger partial charge in [0, 0.05) is 17.3 Å². The molecule has 4 nitrogen and oxygen atoms in total. The van der Waals surface area contributed by atoms with Crippen molar-refractivity contribution in [2.24, 2.45) is 5.92 Å². The fourth-order valence-corrected chi connectivity index (χ4v) is 1.95.